The molecule has 0 N–H and O–H groups in total. The van der Waals surface area contributed by atoms with Crippen LogP contribution >= 0.6 is 34.8 Å². The summed E-state index contributed by atoms with van der Waals surface area (Å²) in [7, 11) is 0. The molecule has 0 atom stereocenters. The smallest absolute Gasteiger partial charge is 0.146 e. The molecule has 3 aromatic carbocycles. The molecule has 0 heterocycles. The highest BCUT2D eigenvalue weighted by Gasteiger charge is 2.12. The highest BCUT2D eigenvalue weighted by molar-refractivity contribution is 6.40. The first kappa shape index (κ1) is 22.0. The van der Waals surface area contributed by atoms with Crippen LogP contribution in [0.1, 0.15) is 19.4 Å². The lowest BCUT2D eigenvalue weighted by molar-refractivity contribution is 0.222. The number of rotatable bonds is 9. The lowest BCUT2D eigenvalue weighted by Gasteiger charge is -2.18. The Morgan fingerprint density at radius 1 is 0.793 bits per heavy atom. The van der Waals surface area contributed by atoms with Crippen molar-refractivity contribution in [3.63, 3.8) is 0 Å². The summed E-state index contributed by atoms with van der Waals surface area (Å²) in [4.78, 5) is 2.33. The van der Waals surface area contributed by atoms with Gasteiger partial charge in [0.2, 0.25) is 0 Å². The highest BCUT2D eigenvalue weighted by atomic mass is 35.5. The van der Waals surface area contributed by atoms with E-state index >= 15 is 0 Å². The molecule has 0 spiro atoms. The second-order valence-corrected chi connectivity index (χ2v) is 7.92. The molecule has 0 aliphatic heterocycles. The lowest BCUT2D eigenvalue weighted by atomic mass is 10.1. The summed E-state index contributed by atoms with van der Waals surface area (Å²) in [5, 5.41) is 3.29. The predicted molar refractivity (Wildman–Crippen MR) is 123 cm³/mol. The summed E-state index contributed by atoms with van der Waals surface area (Å²) < 4.78 is 11.9. The van der Waals surface area contributed by atoms with Crippen LogP contribution in [0.2, 0.25) is 15.1 Å². The molecule has 3 nitrogen and oxygen atoms in total. The van der Waals surface area contributed by atoms with Crippen molar-refractivity contribution in [2.24, 2.45) is 0 Å². The SMILES string of the molecule is CCN(CC)CCOc1ccc(COc2c(Cl)cc(Cl)c3cc(Cl)ccc23)cc1. The second kappa shape index (κ2) is 10.4. The van der Waals surface area contributed by atoms with Gasteiger partial charge in [-0.1, -0.05) is 60.8 Å². The molecule has 0 saturated carbocycles. The molecule has 3 rings (SSSR count). The third-order valence-corrected chi connectivity index (χ3v) is 5.66. The van der Waals surface area contributed by atoms with Crippen molar-refractivity contribution in [2.45, 2.75) is 20.5 Å². The summed E-state index contributed by atoms with van der Waals surface area (Å²) in [6.07, 6.45) is 0. The fraction of sp³-hybridized carbons (Fsp3) is 0.304. The van der Waals surface area contributed by atoms with Crippen molar-refractivity contribution in [3.05, 3.63) is 69.2 Å². The van der Waals surface area contributed by atoms with E-state index in [9.17, 15) is 0 Å². The van der Waals surface area contributed by atoms with Crippen LogP contribution in [0, 0.1) is 0 Å². The molecule has 0 radical (unpaired) electrons. The molecule has 0 bridgehead atoms. The summed E-state index contributed by atoms with van der Waals surface area (Å²) >= 11 is 18.8. The van der Waals surface area contributed by atoms with Gasteiger partial charge in [-0.3, -0.25) is 0 Å². The second-order valence-electron chi connectivity index (χ2n) is 6.67. The average Bonchev–Trinajstić information content (AvgIpc) is 2.72. The molecule has 0 aliphatic carbocycles. The minimum Gasteiger partial charge on any atom is -0.492 e. The molecule has 29 heavy (non-hydrogen) atoms. The van der Waals surface area contributed by atoms with Crippen LogP contribution in [-0.4, -0.2) is 31.1 Å². The van der Waals surface area contributed by atoms with Crippen molar-refractivity contribution in [2.75, 3.05) is 26.2 Å². The Morgan fingerprint density at radius 2 is 1.52 bits per heavy atom. The Labute approximate surface area is 187 Å². The van der Waals surface area contributed by atoms with Gasteiger partial charge in [-0.05, 0) is 55.1 Å². The highest BCUT2D eigenvalue weighted by Crippen LogP contribution is 2.39. The molecule has 0 unspecified atom stereocenters. The molecular formula is C23H24Cl3NO2. The molecule has 0 saturated heterocycles. The van der Waals surface area contributed by atoms with E-state index in [4.69, 9.17) is 44.3 Å². The zero-order valence-electron chi connectivity index (χ0n) is 16.6. The van der Waals surface area contributed by atoms with Gasteiger partial charge in [0.25, 0.3) is 0 Å². The maximum Gasteiger partial charge on any atom is 0.146 e. The van der Waals surface area contributed by atoms with E-state index in [0.29, 0.717) is 34.0 Å². The number of halogens is 3. The van der Waals surface area contributed by atoms with E-state index in [1.54, 1.807) is 12.1 Å². The number of benzene rings is 3. The molecule has 0 amide bonds. The Bertz CT molecular complexity index is 956. The largest absolute Gasteiger partial charge is 0.492 e. The maximum absolute atomic E-state index is 6.38. The Balaban J connectivity index is 1.65. The van der Waals surface area contributed by atoms with Gasteiger partial charge < -0.3 is 14.4 Å². The quantitative estimate of drug-likeness (QED) is 0.345. The van der Waals surface area contributed by atoms with Gasteiger partial charge in [0.1, 0.15) is 24.7 Å². The topological polar surface area (TPSA) is 21.7 Å². The monoisotopic (exact) mass is 451 g/mol. The lowest BCUT2D eigenvalue weighted by Crippen LogP contribution is -2.27. The fourth-order valence-corrected chi connectivity index (χ4v) is 3.87. The molecule has 6 heteroatoms. The van der Waals surface area contributed by atoms with Crippen LogP contribution in [0.3, 0.4) is 0 Å². The van der Waals surface area contributed by atoms with Crippen molar-refractivity contribution < 1.29 is 9.47 Å². The standard InChI is InChI=1S/C23H24Cl3NO2/c1-3-27(4-2)11-12-28-18-8-5-16(6-9-18)15-29-23-19-10-7-17(24)13-20(19)21(25)14-22(23)26/h5-10,13-14H,3-4,11-12,15H2,1-2H3. The van der Waals surface area contributed by atoms with E-state index < -0.39 is 0 Å². The molecular weight excluding hydrogens is 429 g/mol. The van der Waals surface area contributed by atoms with Crippen LogP contribution in [-0.2, 0) is 6.61 Å². The fourth-order valence-electron chi connectivity index (χ4n) is 3.11. The summed E-state index contributed by atoms with van der Waals surface area (Å²) in [5.74, 6) is 1.45. The van der Waals surface area contributed by atoms with Crippen LogP contribution < -0.4 is 9.47 Å². The third kappa shape index (κ3) is 5.70. The molecule has 0 fully saturated rings. The molecule has 154 valence electrons. The van der Waals surface area contributed by atoms with Gasteiger partial charge in [0.05, 0.1) is 10.0 Å². The minimum absolute atomic E-state index is 0.388. The Hall–Kier alpha value is -1.65. The molecule has 0 aromatic heterocycles. The van der Waals surface area contributed by atoms with Crippen LogP contribution in [0.15, 0.2) is 48.5 Å². The van der Waals surface area contributed by atoms with E-state index in [0.717, 1.165) is 41.7 Å². The van der Waals surface area contributed by atoms with Crippen LogP contribution in [0.4, 0.5) is 0 Å². The normalized spacial score (nSPS) is 11.2. The third-order valence-electron chi connectivity index (χ3n) is 4.83. The van der Waals surface area contributed by atoms with Gasteiger partial charge in [-0.2, -0.15) is 0 Å². The first-order valence-electron chi connectivity index (χ1n) is 9.66. The number of ether oxygens (including phenoxy) is 2. The van der Waals surface area contributed by atoms with Gasteiger partial charge in [-0.15, -0.1) is 0 Å². The summed E-state index contributed by atoms with van der Waals surface area (Å²) in [6, 6.07) is 15.1. The van der Waals surface area contributed by atoms with Gasteiger partial charge in [0, 0.05) is 22.3 Å². The Morgan fingerprint density at radius 3 is 2.21 bits per heavy atom. The average molecular weight is 453 g/mol. The minimum atomic E-state index is 0.388. The Kier molecular flexibility index (Phi) is 7.91. The first-order valence-corrected chi connectivity index (χ1v) is 10.8. The number of hydrogen-bond acceptors (Lipinski definition) is 3. The predicted octanol–water partition coefficient (Wildman–Crippen LogP) is 7.10. The first-order chi connectivity index (χ1) is 14.0. The van der Waals surface area contributed by atoms with Crippen molar-refractivity contribution in [3.8, 4) is 11.5 Å². The number of nitrogens with zero attached hydrogens (tertiary/aromatic N) is 1. The molecule has 3 aromatic rings. The zero-order chi connectivity index (χ0) is 20.8. The van der Waals surface area contributed by atoms with Gasteiger partial charge in [-0.25, -0.2) is 0 Å². The molecule has 0 aliphatic rings. The number of fused-ring (bicyclic) bond motifs is 1. The zero-order valence-corrected chi connectivity index (χ0v) is 18.8. The van der Waals surface area contributed by atoms with E-state index in [2.05, 4.69) is 18.7 Å². The van der Waals surface area contributed by atoms with Crippen molar-refractivity contribution in [1.82, 2.24) is 4.90 Å². The summed E-state index contributed by atoms with van der Waals surface area (Å²) in [6.45, 7) is 8.36. The number of hydrogen-bond donors (Lipinski definition) is 0. The van der Waals surface area contributed by atoms with Crippen molar-refractivity contribution in [1.29, 1.82) is 0 Å². The van der Waals surface area contributed by atoms with E-state index in [1.165, 1.54) is 0 Å². The van der Waals surface area contributed by atoms with Crippen LogP contribution in [0.25, 0.3) is 10.8 Å². The van der Waals surface area contributed by atoms with Crippen LogP contribution in [0.5, 0.6) is 11.5 Å². The maximum atomic E-state index is 6.38. The van der Waals surface area contributed by atoms with E-state index in [-0.39, 0.29) is 0 Å². The summed E-state index contributed by atoms with van der Waals surface area (Å²) in [5.41, 5.74) is 1.02. The van der Waals surface area contributed by atoms with E-state index in [1.807, 2.05) is 36.4 Å². The van der Waals surface area contributed by atoms with Crippen molar-refractivity contribution >= 4 is 45.6 Å². The van der Waals surface area contributed by atoms with Gasteiger partial charge >= 0.3 is 0 Å². The van der Waals surface area contributed by atoms with Gasteiger partial charge in [0.15, 0.2) is 0 Å². The number of likely N-dealkylation sites (N-methyl/N-ethyl adjacent to an activating group) is 1.